The molecule has 2 atom stereocenters. The number of hydrogen-bond donors (Lipinski definition) is 1. The summed E-state index contributed by atoms with van der Waals surface area (Å²) in [6.45, 7) is 5.32. The number of benzene rings is 1. The zero-order chi connectivity index (χ0) is 13.6. The molecule has 0 radical (unpaired) electrons. The Kier molecular flexibility index (Phi) is 3.06. The van der Waals surface area contributed by atoms with Crippen molar-refractivity contribution in [3.8, 4) is 0 Å². The number of nitrogens with zero attached hydrogens (tertiary/aromatic N) is 2. The molecule has 1 heterocycles. The van der Waals surface area contributed by atoms with E-state index in [1.54, 1.807) is 0 Å². The van der Waals surface area contributed by atoms with E-state index in [0.717, 1.165) is 41.3 Å². The molecule has 3 nitrogen and oxygen atoms in total. The van der Waals surface area contributed by atoms with Crippen LogP contribution < -0.4 is 5.73 Å². The van der Waals surface area contributed by atoms with E-state index in [9.17, 15) is 0 Å². The van der Waals surface area contributed by atoms with Gasteiger partial charge >= 0.3 is 0 Å². The second-order valence-corrected chi connectivity index (χ2v) is 6.17. The quantitative estimate of drug-likeness (QED) is 0.913. The predicted molar refractivity (Wildman–Crippen MR) is 79.6 cm³/mol. The number of aryl methyl sites for hydroxylation is 1. The van der Waals surface area contributed by atoms with Crippen LogP contribution >= 0.6 is 11.6 Å². The Hall–Kier alpha value is -1.06. The van der Waals surface area contributed by atoms with Gasteiger partial charge in [0, 0.05) is 23.0 Å². The lowest BCUT2D eigenvalue weighted by atomic mass is 9.84. The molecule has 0 aliphatic heterocycles. The zero-order valence-corrected chi connectivity index (χ0v) is 12.2. The van der Waals surface area contributed by atoms with Gasteiger partial charge in [0.05, 0.1) is 11.0 Å². The van der Waals surface area contributed by atoms with Crippen molar-refractivity contribution in [2.45, 2.75) is 51.1 Å². The van der Waals surface area contributed by atoms with E-state index >= 15 is 0 Å². The number of nitrogens with two attached hydrogens (primary N) is 1. The molecule has 1 aromatic heterocycles. The van der Waals surface area contributed by atoms with Gasteiger partial charge in [0.1, 0.15) is 5.82 Å². The van der Waals surface area contributed by atoms with Crippen molar-refractivity contribution in [3.05, 3.63) is 29.0 Å². The minimum absolute atomic E-state index is 0.0124. The van der Waals surface area contributed by atoms with Crippen LogP contribution in [0.5, 0.6) is 0 Å². The van der Waals surface area contributed by atoms with Gasteiger partial charge in [-0.1, -0.05) is 24.9 Å². The summed E-state index contributed by atoms with van der Waals surface area (Å²) < 4.78 is 2.29. The van der Waals surface area contributed by atoms with Gasteiger partial charge in [-0.05, 0) is 38.0 Å². The van der Waals surface area contributed by atoms with Crippen molar-refractivity contribution in [2.24, 2.45) is 5.73 Å². The number of hydrogen-bond acceptors (Lipinski definition) is 2. The molecule has 0 saturated heterocycles. The summed E-state index contributed by atoms with van der Waals surface area (Å²) >= 11 is 6.07. The number of imidazole rings is 1. The summed E-state index contributed by atoms with van der Waals surface area (Å²) in [5.74, 6) is 1.12. The fourth-order valence-electron chi connectivity index (χ4n) is 3.33. The second-order valence-electron chi connectivity index (χ2n) is 5.73. The smallest absolute Gasteiger partial charge is 0.117 e. The molecule has 1 aliphatic carbocycles. The fourth-order valence-corrected chi connectivity index (χ4v) is 3.50. The first-order valence-electron chi connectivity index (χ1n) is 6.98. The number of rotatable bonds is 2. The summed E-state index contributed by atoms with van der Waals surface area (Å²) in [5, 5.41) is 0.737. The average molecular weight is 278 g/mol. The molecule has 2 N–H and O–H groups in total. The van der Waals surface area contributed by atoms with Gasteiger partial charge in [0.25, 0.3) is 0 Å². The van der Waals surface area contributed by atoms with Gasteiger partial charge in [0.15, 0.2) is 0 Å². The molecule has 1 fully saturated rings. The summed E-state index contributed by atoms with van der Waals surface area (Å²) in [5.41, 5.74) is 8.46. The molecule has 0 spiro atoms. The molecular weight excluding hydrogens is 258 g/mol. The van der Waals surface area contributed by atoms with Gasteiger partial charge in [0.2, 0.25) is 0 Å². The predicted octanol–water partition coefficient (Wildman–Crippen LogP) is 3.48. The average Bonchev–Trinajstić information content (AvgIpc) is 2.91. The molecule has 19 heavy (non-hydrogen) atoms. The Morgan fingerprint density at radius 2 is 2.32 bits per heavy atom. The molecule has 2 unspecified atom stereocenters. The zero-order valence-electron chi connectivity index (χ0n) is 11.5. The van der Waals surface area contributed by atoms with Gasteiger partial charge in [-0.25, -0.2) is 4.98 Å². The number of fused-ring (bicyclic) bond motifs is 1. The molecule has 0 amide bonds. The first kappa shape index (κ1) is 12.9. The summed E-state index contributed by atoms with van der Waals surface area (Å²) in [7, 11) is 0. The summed E-state index contributed by atoms with van der Waals surface area (Å²) in [4.78, 5) is 4.85. The second kappa shape index (κ2) is 4.50. The molecule has 4 heteroatoms. The monoisotopic (exact) mass is 277 g/mol. The van der Waals surface area contributed by atoms with Crippen LogP contribution in [0.1, 0.15) is 38.9 Å². The van der Waals surface area contributed by atoms with E-state index in [-0.39, 0.29) is 11.5 Å². The third-order valence-corrected chi connectivity index (χ3v) is 4.80. The molecular formula is C15H20ClN3. The largest absolute Gasteiger partial charge is 0.328 e. The van der Waals surface area contributed by atoms with Crippen LogP contribution in [0.3, 0.4) is 0 Å². The third kappa shape index (κ3) is 1.87. The summed E-state index contributed by atoms with van der Waals surface area (Å²) in [6, 6.07) is 6.13. The minimum atomic E-state index is -0.0124. The van der Waals surface area contributed by atoms with E-state index in [1.165, 1.54) is 6.42 Å². The molecule has 2 aromatic rings. The summed E-state index contributed by atoms with van der Waals surface area (Å²) in [6.07, 6.45) is 3.39. The molecule has 1 saturated carbocycles. The van der Waals surface area contributed by atoms with Crippen molar-refractivity contribution in [2.75, 3.05) is 0 Å². The van der Waals surface area contributed by atoms with E-state index < -0.39 is 0 Å². The standard InChI is InChI=1S/C15H20ClN3/c1-3-19-12-7-6-10(16)9-11(12)18-14(19)15(2)8-4-5-13(15)17/h6-7,9,13H,3-5,8,17H2,1-2H3. The Labute approximate surface area is 118 Å². The van der Waals surface area contributed by atoms with Gasteiger partial charge in [-0.15, -0.1) is 0 Å². The highest BCUT2D eigenvalue weighted by Crippen LogP contribution is 2.40. The first-order valence-corrected chi connectivity index (χ1v) is 7.36. The fraction of sp³-hybridized carbons (Fsp3) is 0.533. The maximum absolute atomic E-state index is 6.34. The van der Waals surface area contributed by atoms with Crippen LogP contribution in [0.25, 0.3) is 11.0 Å². The maximum atomic E-state index is 6.34. The lowest BCUT2D eigenvalue weighted by Crippen LogP contribution is -2.40. The minimum Gasteiger partial charge on any atom is -0.328 e. The maximum Gasteiger partial charge on any atom is 0.117 e. The van der Waals surface area contributed by atoms with Crippen LogP contribution in [-0.4, -0.2) is 15.6 Å². The molecule has 1 aliphatic rings. The third-order valence-electron chi connectivity index (χ3n) is 4.57. The Balaban J connectivity index is 2.23. The van der Waals surface area contributed by atoms with E-state index in [0.29, 0.717) is 0 Å². The van der Waals surface area contributed by atoms with Crippen LogP contribution in [0.15, 0.2) is 18.2 Å². The van der Waals surface area contributed by atoms with Crippen molar-refractivity contribution in [1.82, 2.24) is 9.55 Å². The van der Waals surface area contributed by atoms with Crippen molar-refractivity contribution in [1.29, 1.82) is 0 Å². The van der Waals surface area contributed by atoms with E-state index in [1.807, 2.05) is 12.1 Å². The molecule has 1 aromatic carbocycles. The lowest BCUT2D eigenvalue weighted by Gasteiger charge is -2.29. The van der Waals surface area contributed by atoms with Crippen LogP contribution in [0.4, 0.5) is 0 Å². The Bertz CT molecular complexity index is 619. The topological polar surface area (TPSA) is 43.8 Å². The van der Waals surface area contributed by atoms with Crippen molar-refractivity contribution < 1.29 is 0 Å². The molecule has 102 valence electrons. The first-order chi connectivity index (χ1) is 9.06. The highest BCUT2D eigenvalue weighted by atomic mass is 35.5. The molecule has 3 rings (SSSR count). The number of aromatic nitrogens is 2. The van der Waals surface area contributed by atoms with Gasteiger partial charge in [-0.3, -0.25) is 0 Å². The normalized spacial score (nSPS) is 27.3. The van der Waals surface area contributed by atoms with Crippen LogP contribution in [0.2, 0.25) is 5.02 Å². The Morgan fingerprint density at radius 1 is 1.53 bits per heavy atom. The van der Waals surface area contributed by atoms with Crippen LogP contribution in [-0.2, 0) is 12.0 Å². The SMILES string of the molecule is CCn1c(C2(C)CCCC2N)nc2cc(Cl)ccc21. The highest BCUT2D eigenvalue weighted by molar-refractivity contribution is 6.31. The van der Waals surface area contributed by atoms with Gasteiger partial charge < -0.3 is 10.3 Å². The lowest BCUT2D eigenvalue weighted by molar-refractivity contribution is 0.389. The van der Waals surface area contributed by atoms with Crippen molar-refractivity contribution >= 4 is 22.6 Å². The van der Waals surface area contributed by atoms with Gasteiger partial charge in [-0.2, -0.15) is 0 Å². The number of halogens is 1. The van der Waals surface area contributed by atoms with E-state index in [2.05, 4.69) is 24.5 Å². The Morgan fingerprint density at radius 3 is 2.95 bits per heavy atom. The van der Waals surface area contributed by atoms with Crippen LogP contribution in [0, 0.1) is 0 Å². The highest BCUT2D eigenvalue weighted by Gasteiger charge is 2.41. The molecule has 0 bridgehead atoms. The van der Waals surface area contributed by atoms with E-state index in [4.69, 9.17) is 22.3 Å². The van der Waals surface area contributed by atoms with Crippen molar-refractivity contribution in [3.63, 3.8) is 0 Å².